The molecule has 1 saturated carbocycles. The molecule has 10 heteroatoms. The van der Waals surface area contributed by atoms with Crippen LogP contribution in [-0.4, -0.2) is 78.0 Å². The average molecular weight is 696 g/mol. The fourth-order valence-corrected chi connectivity index (χ4v) is 10.7. The third-order valence-electron chi connectivity index (χ3n) is 12.2. The molecule has 7 rings (SSSR count). The fraction of sp³-hybridized carbons (Fsp3) is 0.605. The third-order valence-corrected chi connectivity index (χ3v) is 14.7. The molecule has 2 amide bonds. The van der Waals surface area contributed by atoms with Crippen molar-refractivity contribution in [3.63, 3.8) is 0 Å². The Morgan fingerprint density at radius 2 is 1.88 bits per heavy atom. The van der Waals surface area contributed by atoms with Gasteiger partial charge < -0.3 is 19.3 Å². The molecule has 3 heterocycles. The number of morpholine rings is 1. The van der Waals surface area contributed by atoms with E-state index < -0.39 is 9.71 Å². The van der Waals surface area contributed by atoms with E-state index in [1.807, 2.05) is 30.0 Å². The minimum Gasteiger partial charge on any atom is -0.490 e. The molecule has 2 aromatic rings. The molecule has 7 atom stereocenters. The van der Waals surface area contributed by atoms with Gasteiger partial charge in [0.25, 0.3) is 5.91 Å². The molecule has 0 radical (unpaired) electrons. The van der Waals surface area contributed by atoms with Gasteiger partial charge in [-0.2, -0.15) is 0 Å². The van der Waals surface area contributed by atoms with E-state index in [-0.39, 0.29) is 40.2 Å². The second-order valence-electron chi connectivity index (χ2n) is 15.1. The third kappa shape index (κ3) is 6.47. The number of nitrogens with one attached hydrogen (secondary N) is 1. The second-order valence-corrected chi connectivity index (χ2v) is 17.9. The molecule has 1 saturated heterocycles. The van der Waals surface area contributed by atoms with Crippen molar-refractivity contribution in [2.75, 3.05) is 50.9 Å². The highest BCUT2D eigenvalue weighted by molar-refractivity contribution is 7.99. The van der Waals surface area contributed by atoms with E-state index in [2.05, 4.69) is 34.5 Å². The average Bonchev–Trinajstić information content (AvgIpc) is 3.21. The van der Waals surface area contributed by atoms with Crippen LogP contribution in [0.15, 0.2) is 36.4 Å². The predicted molar refractivity (Wildman–Crippen MR) is 193 cm³/mol. The molecule has 1 spiro atoms. The molecule has 260 valence electrons. The zero-order valence-corrected chi connectivity index (χ0v) is 30.0. The number of rotatable bonds is 1. The number of carbonyl (C=O) groups excluding carboxylic acids is 2. The molecule has 1 N–H and O–H groups in total. The van der Waals surface area contributed by atoms with Crippen LogP contribution in [0.3, 0.4) is 0 Å². The van der Waals surface area contributed by atoms with Gasteiger partial charge in [0.1, 0.15) is 5.75 Å². The summed E-state index contributed by atoms with van der Waals surface area (Å²) >= 11 is 6.47. The van der Waals surface area contributed by atoms with Crippen LogP contribution in [0, 0.1) is 23.7 Å². The minimum atomic E-state index is -2.94. The number of carbonyl (C=O) groups is 2. The van der Waals surface area contributed by atoms with Crippen LogP contribution < -0.4 is 14.4 Å². The molecule has 8 nitrogen and oxygen atoms in total. The van der Waals surface area contributed by atoms with Crippen LogP contribution in [0.5, 0.6) is 5.75 Å². The van der Waals surface area contributed by atoms with E-state index in [4.69, 9.17) is 21.1 Å². The Hall–Kier alpha value is -2.75. The first kappa shape index (κ1) is 33.7. The Labute approximate surface area is 291 Å². The number of ether oxygens (including phenoxy) is 2. The van der Waals surface area contributed by atoms with Crippen molar-refractivity contribution in [2.24, 2.45) is 23.7 Å². The highest BCUT2D eigenvalue weighted by Crippen LogP contribution is 2.48. The highest BCUT2D eigenvalue weighted by Gasteiger charge is 2.46. The number of benzene rings is 2. The summed E-state index contributed by atoms with van der Waals surface area (Å²) in [4.78, 5) is 32.4. The lowest BCUT2D eigenvalue weighted by molar-refractivity contribution is -0.144. The summed E-state index contributed by atoms with van der Waals surface area (Å²) < 4.78 is 29.0. The molecule has 2 aromatic carbocycles. The van der Waals surface area contributed by atoms with Crippen molar-refractivity contribution in [3.8, 4) is 5.75 Å². The summed E-state index contributed by atoms with van der Waals surface area (Å²) in [5.41, 5.74) is 3.66. The van der Waals surface area contributed by atoms with E-state index >= 15 is 0 Å². The van der Waals surface area contributed by atoms with Gasteiger partial charge in [-0.15, -0.1) is 0 Å². The molecular formula is C38H50ClN3O5S. The van der Waals surface area contributed by atoms with Crippen molar-refractivity contribution in [1.29, 1.82) is 0 Å². The van der Waals surface area contributed by atoms with E-state index in [9.17, 15) is 13.8 Å². The van der Waals surface area contributed by atoms with E-state index in [0.717, 1.165) is 80.9 Å². The summed E-state index contributed by atoms with van der Waals surface area (Å²) in [6, 6.07) is 11.9. The maximum atomic E-state index is 14.2. The smallest absolute Gasteiger partial charge is 0.262 e. The standard InChI is InChI=1S/C38H50ClN3O5S/c1-25-6-4-8-32(37(44)41-16-18-46-19-17-41)31-12-9-29(31)22-42-23-38(15-5-7-27-20-30(39)11-13-33(27)38)24-47-35-14-10-28(21-34(35)42)36(43)40-48(3,45)26(25)2/h10-11,13-14,20-21,25-26,29,31-32H,3-9,12,15-19,22-24H2,1-2H3,(H,40,43,45)/t25-,26+,29-,31+,32+,38-,48?/m0/s1. The monoisotopic (exact) mass is 695 g/mol. The Morgan fingerprint density at radius 3 is 2.65 bits per heavy atom. The Balaban J connectivity index is 1.29. The van der Waals surface area contributed by atoms with Gasteiger partial charge in [0.2, 0.25) is 5.91 Å². The number of aryl methyl sites for hydroxylation is 1. The van der Waals surface area contributed by atoms with Crippen molar-refractivity contribution >= 4 is 44.7 Å². The molecule has 0 aromatic heterocycles. The van der Waals surface area contributed by atoms with E-state index in [1.54, 1.807) is 6.07 Å². The highest BCUT2D eigenvalue weighted by atomic mass is 35.5. The van der Waals surface area contributed by atoms with Crippen molar-refractivity contribution in [3.05, 3.63) is 58.1 Å². The van der Waals surface area contributed by atoms with Gasteiger partial charge in [-0.3, -0.25) is 14.3 Å². The summed E-state index contributed by atoms with van der Waals surface area (Å²) in [6.45, 7) is 8.53. The maximum Gasteiger partial charge on any atom is 0.262 e. The fourth-order valence-electron chi connectivity index (χ4n) is 9.01. The van der Waals surface area contributed by atoms with Gasteiger partial charge in [0.05, 0.1) is 35.2 Å². The summed E-state index contributed by atoms with van der Waals surface area (Å²) in [5.74, 6) is 5.31. The van der Waals surface area contributed by atoms with Gasteiger partial charge in [-0.1, -0.05) is 31.0 Å². The number of halogens is 1. The predicted octanol–water partition coefficient (Wildman–Crippen LogP) is 5.88. The first-order valence-electron chi connectivity index (χ1n) is 17.9. The summed E-state index contributed by atoms with van der Waals surface area (Å²) in [7, 11) is -2.94. The van der Waals surface area contributed by atoms with Gasteiger partial charge in [-0.05, 0) is 117 Å². The molecule has 2 fully saturated rings. The molecule has 1 unspecified atom stereocenters. The van der Waals surface area contributed by atoms with Crippen LogP contribution in [0.4, 0.5) is 5.69 Å². The lowest BCUT2D eigenvalue weighted by atomic mass is 9.64. The molecule has 2 bridgehead atoms. The van der Waals surface area contributed by atoms with Gasteiger partial charge in [-0.25, -0.2) is 4.21 Å². The Morgan fingerprint density at radius 1 is 1.06 bits per heavy atom. The van der Waals surface area contributed by atoms with Gasteiger partial charge >= 0.3 is 0 Å². The van der Waals surface area contributed by atoms with Crippen LogP contribution in [0.1, 0.15) is 80.3 Å². The number of nitrogens with zero attached hydrogens (tertiary/aromatic N) is 2. The summed E-state index contributed by atoms with van der Waals surface area (Å²) in [6.07, 6.45) is 7.63. The normalized spacial score (nSPS) is 34.1. The molecule has 48 heavy (non-hydrogen) atoms. The van der Waals surface area contributed by atoms with Crippen LogP contribution in [0.2, 0.25) is 5.02 Å². The van der Waals surface area contributed by atoms with E-state index in [1.165, 1.54) is 11.1 Å². The number of fused-ring (bicyclic) bond motifs is 4. The van der Waals surface area contributed by atoms with Gasteiger partial charge in [0, 0.05) is 53.3 Å². The lowest BCUT2D eigenvalue weighted by Crippen LogP contribution is -2.51. The molecule has 5 aliphatic rings. The van der Waals surface area contributed by atoms with Crippen molar-refractivity contribution in [1.82, 2.24) is 9.62 Å². The number of anilines is 1. The Kier molecular flexibility index (Phi) is 9.50. The quantitative estimate of drug-likeness (QED) is 0.375. The number of hydrogen-bond acceptors (Lipinski definition) is 6. The number of amides is 2. The van der Waals surface area contributed by atoms with Crippen LogP contribution in [-0.2, 0) is 31.1 Å². The van der Waals surface area contributed by atoms with Crippen LogP contribution >= 0.6 is 11.6 Å². The second kappa shape index (κ2) is 13.5. The molecule has 3 aliphatic heterocycles. The van der Waals surface area contributed by atoms with E-state index in [0.29, 0.717) is 44.4 Å². The SMILES string of the molecule is C=S1(=O)NC(=O)c2ccc3c(c2)N(C[C@@H]2CC[C@H]2[C@H](C(=O)N2CCOCC2)CCC[C@H](C)[C@H]1C)C[C@@]1(CCCc2cc(Cl)ccc21)CO3. The largest absolute Gasteiger partial charge is 0.490 e. The first-order valence-corrected chi connectivity index (χ1v) is 20.1. The van der Waals surface area contributed by atoms with Gasteiger partial charge in [0.15, 0.2) is 0 Å². The zero-order chi connectivity index (χ0) is 33.6. The van der Waals surface area contributed by atoms with Crippen LogP contribution in [0.25, 0.3) is 0 Å². The topological polar surface area (TPSA) is 88.2 Å². The van der Waals surface area contributed by atoms with Crippen molar-refractivity contribution in [2.45, 2.75) is 75.9 Å². The molecular weight excluding hydrogens is 646 g/mol. The summed E-state index contributed by atoms with van der Waals surface area (Å²) in [5, 5.41) is 0.433. The number of hydrogen-bond donors (Lipinski definition) is 1. The Bertz CT molecular complexity index is 1660. The zero-order valence-electron chi connectivity index (χ0n) is 28.4. The minimum absolute atomic E-state index is 0.0541. The molecule has 2 aliphatic carbocycles. The maximum absolute atomic E-state index is 14.2. The lowest BCUT2D eigenvalue weighted by Gasteiger charge is -2.47. The first-order chi connectivity index (χ1) is 23.0. The van der Waals surface area contributed by atoms with Crippen molar-refractivity contribution < 1.29 is 23.3 Å².